The minimum atomic E-state index is -0.444. The first-order valence-corrected chi connectivity index (χ1v) is 6.71. The van der Waals surface area contributed by atoms with Crippen LogP contribution in [0.5, 0.6) is 0 Å². The quantitative estimate of drug-likeness (QED) is 0.911. The Kier molecular flexibility index (Phi) is 4.07. The van der Waals surface area contributed by atoms with E-state index in [9.17, 15) is 5.11 Å². The predicted molar refractivity (Wildman–Crippen MR) is 72.4 cm³/mol. The highest BCUT2D eigenvalue weighted by Gasteiger charge is 2.19. The molecule has 1 aliphatic rings. The summed E-state index contributed by atoms with van der Waals surface area (Å²) in [6.45, 7) is 6.41. The molecular formula is C13H18BrNO2. The molecule has 2 atom stereocenters. The summed E-state index contributed by atoms with van der Waals surface area (Å²) in [4.78, 5) is 2.33. The van der Waals surface area contributed by atoms with Gasteiger partial charge in [-0.15, -0.1) is 0 Å². The van der Waals surface area contributed by atoms with Crippen LogP contribution in [-0.4, -0.2) is 30.9 Å². The van der Waals surface area contributed by atoms with Crippen molar-refractivity contribution in [2.75, 3.05) is 24.7 Å². The highest BCUT2D eigenvalue weighted by molar-refractivity contribution is 9.10. The number of rotatable bonds is 2. The molecule has 1 heterocycles. The Morgan fingerprint density at radius 2 is 2.29 bits per heavy atom. The molecule has 2 unspecified atom stereocenters. The fourth-order valence-electron chi connectivity index (χ4n) is 2.14. The van der Waals surface area contributed by atoms with Gasteiger partial charge < -0.3 is 14.7 Å². The molecule has 0 aliphatic carbocycles. The van der Waals surface area contributed by atoms with Crippen LogP contribution >= 0.6 is 15.9 Å². The van der Waals surface area contributed by atoms with E-state index in [0.717, 1.165) is 29.8 Å². The number of hydrogen-bond acceptors (Lipinski definition) is 3. The lowest BCUT2D eigenvalue weighted by atomic mass is 10.1. The average Bonchev–Trinajstić information content (AvgIpc) is 2.29. The van der Waals surface area contributed by atoms with Crippen molar-refractivity contribution in [1.82, 2.24) is 0 Å². The third-order valence-electron chi connectivity index (χ3n) is 3.13. The van der Waals surface area contributed by atoms with Gasteiger partial charge in [0, 0.05) is 22.7 Å². The number of aliphatic hydroxyl groups excluding tert-OH is 1. The smallest absolute Gasteiger partial charge is 0.0772 e. The van der Waals surface area contributed by atoms with E-state index >= 15 is 0 Å². The molecule has 0 saturated carbocycles. The molecule has 0 bridgehead atoms. The van der Waals surface area contributed by atoms with Crippen molar-refractivity contribution in [3.05, 3.63) is 28.2 Å². The van der Waals surface area contributed by atoms with Crippen LogP contribution in [0.2, 0.25) is 0 Å². The van der Waals surface area contributed by atoms with Crippen molar-refractivity contribution < 1.29 is 9.84 Å². The van der Waals surface area contributed by atoms with Gasteiger partial charge in [0.25, 0.3) is 0 Å². The van der Waals surface area contributed by atoms with E-state index in [1.165, 1.54) is 5.69 Å². The Balaban J connectivity index is 2.24. The molecule has 0 aromatic heterocycles. The molecule has 17 heavy (non-hydrogen) atoms. The maximum atomic E-state index is 9.59. The molecule has 0 amide bonds. The topological polar surface area (TPSA) is 32.7 Å². The zero-order valence-corrected chi connectivity index (χ0v) is 11.8. The zero-order chi connectivity index (χ0) is 12.4. The van der Waals surface area contributed by atoms with Crippen LogP contribution in [0.4, 0.5) is 5.69 Å². The second-order valence-electron chi connectivity index (χ2n) is 4.50. The maximum Gasteiger partial charge on any atom is 0.0772 e. The molecule has 0 spiro atoms. The Hall–Kier alpha value is -0.580. The number of benzene rings is 1. The minimum Gasteiger partial charge on any atom is -0.389 e. The van der Waals surface area contributed by atoms with Gasteiger partial charge in [-0.1, -0.05) is 22.0 Å². The summed E-state index contributed by atoms with van der Waals surface area (Å²) in [6.07, 6.45) is -0.444. The van der Waals surface area contributed by atoms with Crippen LogP contribution < -0.4 is 4.90 Å². The lowest BCUT2D eigenvalue weighted by Crippen LogP contribution is -2.43. The molecule has 0 radical (unpaired) electrons. The van der Waals surface area contributed by atoms with E-state index in [4.69, 9.17) is 4.74 Å². The van der Waals surface area contributed by atoms with Crippen LogP contribution in [0.3, 0.4) is 0 Å². The number of anilines is 1. The van der Waals surface area contributed by atoms with Crippen molar-refractivity contribution in [2.24, 2.45) is 0 Å². The van der Waals surface area contributed by atoms with Gasteiger partial charge in [-0.2, -0.15) is 0 Å². The Morgan fingerprint density at radius 1 is 1.53 bits per heavy atom. The summed E-state index contributed by atoms with van der Waals surface area (Å²) in [7, 11) is 0. The first-order chi connectivity index (χ1) is 8.09. The zero-order valence-electron chi connectivity index (χ0n) is 10.2. The van der Waals surface area contributed by atoms with E-state index in [0.29, 0.717) is 6.04 Å². The van der Waals surface area contributed by atoms with Gasteiger partial charge in [-0.05, 0) is 31.5 Å². The van der Waals surface area contributed by atoms with Gasteiger partial charge in [-0.3, -0.25) is 0 Å². The molecule has 1 N–H and O–H groups in total. The number of aliphatic hydroxyl groups is 1. The maximum absolute atomic E-state index is 9.59. The normalized spacial score (nSPS) is 22.6. The van der Waals surface area contributed by atoms with Crippen LogP contribution in [0.25, 0.3) is 0 Å². The first-order valence-electron chi connectivity index (χ1n) is 5.91. The predicted octanol–water partition coefficient (Wildman–Crippen LogP) is 2.73. The second kappa shape index (κ2) is 5.38. The van der Waals surface area contributed by atoms with Crippen LogP contribution in [0.1, 0.15) is 25.5 Å². The molecule has 1 aromatic carbocycles. The van der Waals surface area contributed by atoms with E-state index in [1.54, 1.807) is 6.92 Å². The third-order valence-corrected chi connectivity index (χ3v) is 3.82. The van der Waals surface area contributed by atoms with Gasteiger partial charge in [0.2, 0.25) is 0 Å². The van der Waals surface area contributed by atoms with Gasteiger partial charge in [0.1, 0.15) is 0 Å². The summed E-state index contributed by atoms with van der Waals surface area (Å²) in [5.41, 5.74) is 2.10. The summed E-state index contributed by atoms with van der Waals surface area (Å²) in [5, 5.41) is 9.59. The second-order valence-corrected chi connectivity index (χ2v) is 5.35. The minimum absolute atomic E-state index is 0.396. The largest absolute Gasteiger partial charge is 0.389 e. The fraction of sp³-hybridized carbons (Fsp3) is 0.538. The molecule has 4 heteroatoms. The summed E-state index contributed by atoms with van der Waals surface area (Å²) < 4.78 is 6.39. The standard InChI is InChI=1S/C13H18BrNO2/c1-9-8-17-6-5-15(9)11-3-4-12(10(2)16)13(14)7-11/h3-4,7,9-10,16H,5-6,8H2,1-2H3. The first kappa shape index (κ1) is 12.9. The number of morpholine rings is 1. The van der Waals surface area contributed by atoms with Gasteiger partial charge in [0.15, 0.2) is 0 Å². The molecule has 1 aromatic rings. The third kappa shape index (κ3) is 2.81. The van der Waals surface area contributed by atoms with E-state index < -0.39 is 6.10 Å². The molecule has 1 aliphatic heterocycles. The van der Waals surface area contributed by atoms with E-state index in [1.807, 2.05) is 6.07 Å². The van der Waals surface area contributed by atoms with Crippen molar-refractivity contribution in [3.63, 3.8) is 0 Å². The summed E-state index contributed by atoms with van der Waals surface area (Å²) in [5.74, 6) is 0. The average molecular weight is 300 g/mol. The Bertz CT molecular complexity index is 395. The van der Waals surface area contributed by atoms with Crippen molar-refractivity contribution in [3.8, 4) is 0 Å². The number of nitrogens with zero attached hydrogens (tertiary/aromatic N) is 1. The SMILES string of the molecule is CC(O)c1ccc(N2CCOCC2C)cc1Br. The fourth-order valence-corrected chi connectivity index (χ4v) is 2.84. The van der Waals surface area contributed by atoms with E-state index in [-0.39, 0.29) is 0 Å². The molecular weight excluding hydrogens is 282 g/mol. The molecule has 1 fully saturated rings. The van der Waals surface area contributed by atoms with Gasteiger partial charge in [0.05, 0.1) is 19.3 Å². The van der Waals surface area contributed by atoms with Gasteiger partial charge >= 0.3 is 0 Å². The molecule has 2 rings (SSSR count). The number of hydrogen-bond donors (Lipinski definition) is 1. The Labute approximate surface area is 111 Å². The van der Waals surface area contributed by atoms with Crippen LogP contribution in [-0.2, 0) is 4.74 Å². The van der Waals surface area contributed by atoms with E-state index in [2.05, 4.69) is 39.9 Å². The number of ether oxygens (including phenoxy) is 1. The van der Waals surface area contributed by atoms with Crippen LogP contribution in [0, 0.1) is 0 Å². The van der Waals surface area contributed by atoms with Crippen molar-refractivity contribution in [2.45, 2.75) is 26.0 Å². The monoisotopic (exact) mass is 299 g/mol. The Morgan fingerprint density at radius 3 is 2.88 bits per heavy atom. The van der Waals surface area contributed by atoms with Crippen molar-refractivity contribution >= 4 is 21.6 Å². The lowest BCUT2D eigenvalue weighted by molar-refractivity contribution is 0.0989. The molecule has 1 saturated heterocycles. The highest BCUT2D eigenvalue weighted by Crippen LogP contribution is 2.29. The van der Waals surface area contributed by atoms with Crippen molar-refractivity contribution in [1.29, 1.82) is 0 Å². The summed E-state index contributed by atoms with van der Waals surface area (Å²) >= 11 is 3.52. The summed E-state index contributed by atoms with van der Waals surface area (Å²) in [6, 6.07) is 6.51. The molecule has 3 nitrogen and oxygen atoms in total. The van der Waals surface area contributed by atoms with Gasteiger partial charge in [-0.25, -0.2) is 0 Å². The molecule has 94 valence electrons. The lowest BCUT2D eigenvalue weighted by Gasteiger charge is -2.35. The van der Waals surface area contributed by atoms with Crippen LogP contribution in [0.15, 0.2) is 22.7 Å². The number of halogens is 1. The highest BCUT2D eigenvalue weighted by atomic mass is 79.9.